The van der Waals surface area contributed by atoms with Gasteiger partial charge in [0.15, 0.2) is 0 Å². The highest BCUT2D eigenvalue weighted by atomic mass is 16.5. The molecule has 0 N–H and O–H groups in total. The van der Waals surface area contributed by atoms with E-state index in [0.717, 1.165) is 13.1 Å². The zero-order valence-electron chi connectivity index (χ0n) is 11.9. The van der Waals surface area contributed by atoms with Crippen molar-refractivity contribution in [2.45, 2.75) is 27.2 Å². The Morgan fingerprint density at radius 2 is 2.05 bits per heavy atom. The number of hydrogen-bond acceptors (Lipinski definition) is 3. The summed E-state index contributed by atoms with van der Waals surface area (Å²) in [5, 5.41) is 0. The standard InChI is InChI=1S/C15H22N2O2/c1-4-19-14-6-13(7-16-8-14)15(18)17-9-11(2)5-12(3)10-17/h6-8,11-12H,4-5,9-10H2,1-3H3/t11-,12-/m0/s1. The maximum absolute atomic E-state index is 12.5. The van der Waals surface area contributed by atoms with Crippen LogP contribution in [0.15, 0.2) is 18.5 Å². The smallest absolute Gasteiger partial charge is 0.255 e. The van der Waals surface area contributed by atoms with Gasteiger partial charge >= 0.3 is 0 Å². The van der Waals surface area contributed by atoms with Crippen LogP contribution in [-0.2, 0) is 0 Å². The van der Waals surface area contributed by atoms with Crippen molar-refractivity contribution >= 4 is 5.91 Å². The number of carbonyl (C=O) groups is 1. The van der Waals surface area contributed by atoms with Crippen molar-refractivity contribution < 1.29 is 9.53 Å². The Morgan fingerprint density at radius 1 is 1.37 bits per heavy atom. The fraction of sp³-hybridized carbons (Fsp3) is 0.600. The molecule has 4 nitrogen and oxygen atoms in total. The summed E-state index contributed by atoms with van der Waals surface area (Å²) in [5.74, 6) is 1.85. The Labute approximate surface area is 114 Å². The van der Waals surface area contributed by atoms with Crippen molar-refractivity contribution in [2.24, 2.45) is 11.8 Å². The molecule has 104 valence electrons. The van der Waals surface area contributed by atoms with Crippen LogP contribution < -0.4 is 4.74 Å². The molecule has 1 saturated heterocycles. The number of piperidine rings is 1. The molecule has 4 heteroatoms. The summed E-state index contributed by atoms with van der Waals surface area (Å²) in [6.45, 7) is 8.57. The lowest BCUT2D eigenvalue weighted by Crippen LogP contribution is -2.42. The molecular formula is C15H22N2O2. The first-order valence-electron chi connectivity index (χ1n) is 6.97. The van der Waals surface area contributed by atoms with Crippen LogP contribution in [0.4, 0.5) is 0 Å². The molecule has 1 aliphatic heterocycles. The van der Waals surface area contributed by atoms with Crippen LogP contribution in [0.1, 0.15) is 37.6 Å². The number of hydrogen-bond donors (Lipinski definition) is 0. The lowest BCUT2D eigenvalue weighted by atomic mass is 9.91. The Morgan fingerprint density at radius 3 is 2.68 bits per heavy atom. The summed E-state index contributed by atoms with van der Waals surface area (Å²) < 4.78 is 5.39. The molecule has 1 aromatic heterocycles. The molecule has 1 aliphatic rings. The number of nitrogens with zero attached hydrogens (tertiary/aromatic N) is 2. The summed E-state index contributed by atoms with van der Waals surface area (Å²) in [6.07, 6.45) is 4.46. The van der Waals surface area contributed by atoms with Gasteiger partial charge in [0.1, 0.15) is 5.75 Å². The summed E-state index contributed by atoms with van der Waals surface area (Å²) in [4.78, 5) is 18.5. The molecule has 1 fully saturated rings. The molecule has 0 saturated carbocycles. The van der Waals surface area contributed by atoms with Crippen molar-refractivity contribution in [3.05, 3.63) is 24.0 Å². The zero-order chi connectivity index (χ0) is 13.8. The van der Waals surface area contributed by atoms with Crippen LogP contribution in [-0.4, -0.2) is 35.5 Å². The molecule has 0 unspecified atom stereocenters. The van der Waals surface area contributed by atoms with Crippen LogP contribution in [0, 0.1) is 11.8 Å². The molecule has 1 aromatic rings. The highest BCUT2D eigenvalue weighted by Gasteiger charge is 2.26. The first-order valence-corrected chi connectivity index (χ1v) is 6.97. The van der Waals surface area contributed by atoms with E-state index in [2.05, 4.69) is 18.8 Å². The maximum atomic E-state index is 12.5. The van der Waals surface area contributed by atoms with E-state index in [9.17, 15) is 4.79 Å². The van der Waals surface area contributed by atoms with Crippen LogP contribution in [0.25, 0.3) is 0 Å². The minimum Gasteiger partial charge on any atom is -0.492 e. The number of carbonyl (C=O) groups excluding carboxylic acids is 1. The largest absolute Gasteiger partial charge is 0.492 e. The van der Waals surface area contributed by atoms with Crippen LogP contribution in [0.3, 0.4) is 0 Å². The Bertz CT molecular complexity index is 438. The number of amides is 1. The van der Waals surface area contributed by atoms with Crippen LogP contribution in [0.2, 0.25) is 0 Å². The number of ether oxygens (including phenoxy) is 1. The molecule has 0 aromatic carbocycles. The molecule has 0 radical (unpaired) electrons. The van der Waals surface area contributed by atoms with Crippen molar-refractivity contribution in [3.63, 3.8) is 0 Å². The third kappa shape index (κ3) is 3.46. The fourth-order valence-electron chi connectivity index (χ4n) is 2.79. The van der Waals surface area contributed by atoms with Crippen molar-refractivity contribution in [3.8, 4) is 5.75 Å². The third-order valence-corrected chi connectivity index (χ3v) is 3.43. The van der Waals surface area contributed by atoms with Gasteiger partial charge in [-0.1, -0.05) is 13.8 Å². The molecule has 0 spiro atoms. The zero-order valence-corrected chi connectivity index (χ0v) is 11.9. The molecule has 19 heavy (non-hydrogen) atoms. The van der Waals surface area contributed by atoms with Gasteiger partial charge in [-0.15, -0.1) is 0 Å². The van der Waals surface area contributed by atoms with E-state index in [0.29, 0.717) is 29.8 Å². The van der Waals surface area contributed by atoms with E-state index < -0.39 is 0 Å². The Hall–Kier alpha value is -1.58. The molecule has 1 amide bonds. The summed E-state index contributed by atoms with van der Waals surface area (Å²) in [5.41, 5.74) is 0.618. The van der Waals surface area contributed by atoms with Crippen LogP contribution >= 0.6 is 0 Å². The first kappa shape index (κ1) is 13.8. The summed E-state index contributed by atoms with van der Waals surface area (Å²) in [6, 6.07) is 1.78. The second kappa shape index (κ2) is 6.04. The molecular weight excluding hydrogens is 240 g/mol. The van der Waals surface area contributed by atoms with Crippen molar-refractivity contribution in [2.75, 3.05) is 19.7 Å². The summed E-state index contributed by atoms with van der Waals surface area (Å²) >= 11 is 0. The normalized spacial score (nSPS) is 23.2. The fourth-order valence-corrected chi connectivity index (χ4v) is 2.79. The third-order valence-electron chi connectivity index (χ3n) is 3.43. The van der Waals surface area contributed by atoms with E-state index in [4.69, 9.17) is 4.74 Å². The monoisotopic (exact) mass is 262 g/mol. The number of rotatable bonds is 3. The highest BCUT2D eigenvalue weighted by Crippen LogP contribution is 2.23. The van der Waals surface area contributed by atoms with Gasteiger partial charge in [-0.3, -0.25) is 9.78 Å². The van der Waals surface area contributed by atoms with Crippen molar-refractivity contribution in [1.82, 2.24) is 9.88 Å². The van der Waals surface area contributed by atoms with Gasteiger partial charge in [0.2, 0.25) is 0 Å². The first-order chi connectivity index (χ1) is 9.10. The average Bonchev–Trinajstić information content (AvgIpc) is 2.37. The summed E-state index contributed by atoms with van der Waals surface area (Å²) in [7, 11) is 0. The second-order valence-electron chi connectivity index (χ2n) is 5.50. The lowest BCUT2D eigenvalue weighted by molar-refractivity contribution is 0.0622. The van der Waals surface area contributed by atoms with E-state index in [1.165, 1.54) is 6.42 Å². The van der Waals surface area contributed by atoms with Gasteiger partial charge in [-0.05, 0) is 31.2 Å². The molecule has 0 bridgehead atoms. The maximum Gasteiger partial charge on any atom is 0.255 e. The van der Waals surface area contributed by atoms with E-state index >= 15 is 0 Å². The molecule has 0 aliphatic carbocycles. The van der Waals surface area contributed by atoms with E-state index in [1.807, 2.05) is 11.8 Å². The minimum atomic E-state index is 0.0625. The molecule has 2 heterocycles. The number of aromatic nitrogens is 1. The predicted molar refractivity (Wildman–Crippen MR) is 74.3 cm³/mol. The number of pyridine rings is 1. The van der Waals surface area contributed by atoms with Gasteiger partial charge < -0.3 is 9.64 Å². The van der Waals surface area contributed by atoms with Gasteiger partial charge in [-0.25, -0.2) is 0 Å². The van der Waals surface area contributed by atoms with Gasteiger partial charge in [-0.2, -0.15) is 0 Å². The van der Waals surface area contributed by atoms with E-state index in [1.54, 1.807) is 18.5 Å². The van der Waals surface area contributed by atoms with Crippen LogP contribution in [0.5, 0.6) is 5.75 Å². The van der Waals surface area contributed by atoms with E-state index in [-0.39, 0.29) is 5.91 Å². The quantitative estimate of drug-likeness (QED) is 0.841. The van der Waals surface area contributed by atoms with Gasteiger partial charge in [0, 0.05) is 19.3 Å². The average molecular weight is 262 g/mol. The lowest BCUT2D eigenvalue weighted by Gasteiger charge is -2.35. The number of likely N-dealkylation sites (tertiary alicyclic amines) is 1. The molecule has 2 rings (SSSR count). The Balaban J connectivity index is 2.12. The van der Waals surface area contributed by atoms with Gasteiger partial charge in [0.25, 0.3) is 5.91 Å². The van der Waals surface area contributed by atoms with Gasteiger partial charge in [0.05, 0.1) is 18.4 Å². The SMILES string of the molecule is CCOc1cncc(C(=O)N2C[C@@H](C)C[C@H](C)C2)c1. The topological polar surface area (TPSA) is 42.4 Å². The van der Waals surface area contributed by atoms with Crippen molar-refractivity contribution in [1.29, 1.82) is 0 Å². The second-order valence-corrected chi connectivity index (χ2v) is 5.50. The predicted octanol–water partition coefficient (Wildman–Crippen LogP) is 2.60. The molecule has 2 atom stereocenters. The minimum absolute atomic E-state index is 0.0625. The Kier molecular flexibility index (Phi) is 4.40. The highest BCUT2D eigenvalue weighted by molar-refractivity contribution is 5.94.